The van der Waals surface area contributed by atoms with Gasteiger partial charge in [0.25, 0.3) is 0 Å². The summed E-state index contributed by atoms with van der Waals surface area (Å²) in [5.74, 6) is 0.739. The predicted octanol–water partition coefficient (Wildman–Crippen LogP) is 3.65. The fourth-order valence-electron chi connectivity index (χ4n) is 3.04. The van der Waals surface area contributed by atoms with Gasteiger partial charge >= 0.3 is 0 Å². The molecule has 0 N–H and O–H groups in total. The number of hydrogen-bond acceptors (Lipinski definition) is 3. The minimum atomic E-state index is 0.0422. The number of ether oxygens (including phenoxy) is 1. The van der Waals surface area contributed by atoms with E-state index in [0.29, 0.717) is 17.4 Å². The minimum absolute atomic E-state index is 0.0422. The fourth-order valence-corrected chi connectivity index (χ4v) is 3.04. The van der Waals surface area contributed by atoms with Crippen LogP contribution in [-0.2, 0) is 0 Å². The van der Waals surface area contributed by atoms with Crippen LogP contribution in [-0.4, -0.2) is 21.4 Å². The summed E-state index contributed by atoms with van der Waals surface area (Å²) >= 11 is 0. The van der Waals surface area contributed by atoms with Crippen molar-refractivity contribution in [3.8, 4) is 5.75 Å². The van der Waals surface area contributed by atoms with Crippen LogP contribution in [0.4, 0.5) is 0 Å². The molecule has 4 heteroatoms. The van der Waals surface area contributed by atoms with E-state index < -0.39 is 0 Å². The molecule has 2 atom stereocenters. The number of aromatic nitrogens is 2. The van der Waals surface area contributed by atoms with Crippen molar-refractivity contribution in [1.82, 2.24) is 9.55 Å². The van der Waals surface area contributed by atoms with Gasteiger partial charge in [-0.15, -0.1) is 0 Å². The summed E-state index contributed by atoms with van der Waals surface area (Å²) in [7, 11) is 0. The highest BCUT2D eigenvalue weighted by molar-refractivity contribution is 5.96. The highest BCUT2D eigenvalue weighted by atomic mass is 16.5. The molecule has 2 unspecified atom stereocenters. The Hall–Kier alpha value is -2.10. The van der Waals surface area contributed by atoms with E-state index >= 15 is 0 Å². The van der Waals surface area contributed by atoms with Crippen molar-refractivity contribution in [1.29, 1.82) is 0 Å². The largest absolute Gasteiger partial charge is 0.488 e. The lowest BCUT2D eigenvalue weighted by atomic mass is 9.92. The molecule has 1 saturated carbocycles. The first-order valence-electron chi connectivity index (χ1n) is 7.50. The Morgan fingerprint density at radius 2 is 2.10 bits per heavy atom. The third kappa shape index (κ3) is 2.99. The number of para-hydroxylation sites is 1. The Kier molecular flexibility index (Phi) is 4.04. The van der Waals surface area contributed by atoms with E-state index in [9.17, 15) is 4.79 Å². The summed E-state index contributed by atoms with van der Waals surface area (Å²) in [5.41, 5.74) is 0.660. The van der Waals surface area contributed by atoms with Gasteiger partial charge in [0.05, 0.1) is 17.9 Å². The third-order valence-electron chi connectivity index (χ3n) is 4.12. The first kappa shape index (κ1) is 13.9. The van der Waals surface area contributed by atoms with E-state index in [1.807, 2.05) is 36.8 Å². The van der Waals surface area contributed by atoms with Crippen molar-refractivity contribution in [2.24, 2.45) is 0 Å². The topological polar surface area (TPSA) is 44.1 Å². The number of imidazole rings is 1. The van der Waals surface area contributed by atoms with E-state index in [4.69, 9.17) is 4.74 Å². The fraction of sp³-hybridized carbons (Fsp3) is 0.412. The predicted molar refractivity (Wildman–Crippen MR) is 80.6 cm³/mol. The SMILES string of the molecule is CC(=O)c1ccccc1OC1CCCCC1n1ccnc1. The van der Waals surface area contributed by atoms with Gasteiger partial charge in [-0.1, -0.05) is 18.6 Å². The quantitative estimate of drug-likeness (QED) is 0.805. The Morgan fingerprint density at radius 1 is 1.29 bits per heavy atom. The second-order valence-electron chi connectivity index (χ2n) is 5.57. The normalized spacial score (nSPS) is 22.0. The molecule has 4 nitrogen and oxygen atoms in total. The standard InChI is InChI=1S/C17H20N2O2/c1-13(20)14-6-2-4-8-16(14)21-17-9-5-3-7-15(17)19-11-10-18-12-19/h2,4,6,8,10-12,15,17H,3,5,7,9H2,1H3. The Morgan fingerprint density at radius 3 is 2.86 bits per heavy atom. The second kappa shape index (κ2) is 6.12. The molecule has 0 saturated heterocycles. The zero-order valence-electron chi connectivity index (χ0n) is 12.2. The average molecular weight is 284 g/mol. The van der Waals surface area contributed by atoms with Gasteiger partial charge in [-0.2, -0.15) is 0 Å². The molecule has 1 aliphatic carbocycles. The second-order valence-corrected chi connectivity index (χ2v) is 5.57. The van der Waals surface area contributed by atoms with Gasteiger partial charge in [0.15, 0.2) is 5.78 Å². The van der Waals surface area contributed by atoms with Crippen LogP contribution < -0.4 is 4.74 Å². The number of Topliss-reactive ketones (excluding diaryl/α,β-unsaturated/α-hetero) is 1. The molecule has 1 fully saturated rings. The van der Waals surface area contributed by atoms with Gasteiger partial charge in [0, 0.05) is 12.4 Å². The van der Waals surface area contributed by atoms with Gasteiger partial charge in [0.2, 0.25) is 0 Å². The van der Waals surface area contributed by atoms with Crippen LogP contribution in [0.5, 0.6) is 5.75 Å². The molecule has 1 aromatic carbocycles. The van der Waals surface area contributed by atoms with Crippen molar-refractivity contribution in [2.45, 2.75) is 44.8 Å². The number of nitrogens with zero attached hydrogens (tertiary/aromatic N) is 2. The smallest absolute Gasteiger partial charge is 0.163 e. The molecule has 1 aliphatic rings. The molecular weight excluding hydrogens is 264 g/mol. The number of carbonyl (C=O) groups excluding carboxylic acids is 1. The number of rotatable bonds is 4. The van der Waals surface area contributed by atoms with Gasteiger partial charge in [-0.25, -0.2) is 4.98 Å². The van der Waals surface area contributed by atoms with Gasteiger partial charge in [-0.3, -0.25) is 4.79 Å². The highest BCUT2D eigenvalue weighted by Gasteiger charge is 2.28. The molecule has 21 heavy (non-hydrogen) atoms. The molecule has 0 aliphatic heterocycles. The van der Waals surface area contributed by atoms with Gasteiger partial charge < -0.3 is 9.30 Å². The van der Waals surface area contributed by atoms with Crippen molar-refractivity contribution < 1.29 is 9.53 Å². The van der Waals surface area contributed by atoms with Crippen LogP contribution in [0.2, 0.25) is 0 Å². The molecule has 0 spiro atoms. The van der Waals surface area contributed by atoms with Crippen LogP contribution in [0.1, 0.15) is 49.0 Å². The molecule has 1 heterocycles. The number of carbonyl (C=O) groups is 1. The lowest BCUT2D eigenvalue weighted by Crippen LogP contribution is -2.32. The molecule has 1 aromatic heterocycles. The maximum absolute atomic E-state index is 11.7. The number of benzene rings is 1. The van der Waals surface area contributed by atoms with E-state index in [1.54, 1.807) is 13.1 Å². The monoisotopic (exact) mass is 284 g/mol. The minimum Gasteiger partial charge on any atom is -0.488 e. The van der Waals surface area contributed by atoms with E-state index in [2.05, 4.69) is 9.55 Å². The summed E-state index contributed by atoms with van der Waals surface area (Å²) in [6, 6.07) is 7.79. The van der Waals surface area contributed by atoms with Gasteiger partial charge in [0.1, 0.15) is 11.9 Å². The van der Waals surface area contributed by atoms with Crippen LogP contribution in [0.25, 0.3) is 0 Å². The molecule has 0 bridgehead atoms. The number of ketones is 1. The molecule has 2 aromatic rings. The highest BCUT2D eigenvalue weighted by Crippen LogP contribution is 2.33. The van der Waals surface area contributed by atoms with Crippen LogP contribution in [0.15, 0.2) is 43.0 Å². The molecule has 3 rings (SSSR count). The van der Waals surface area contributed by atoms with Crippen LogP contribution in [0.3, 0.4) is 0 Å². The summed E-state index contributed by atoms with van der Waals surface area (Å²) in [6.07, 6.45) is 10.2. The van der Waals surface area contributed by atoms with Crippen molar-refractivity contribution >= 4 is 5.78 Å². The molecule has 0 radical (unpaired) electrons. The van der Waals surface area contributed by atoms with E-state index in [1.165, 1.54) is 6.42 Å². The van der Waals surface area contributed by atoms with Crippen molar-refractivity contribution in [3.05, 3.63) is 48.5 Å². The van der Waals surface area contributed by atoms with E-state index in [0.717, 1.165) is 19.3 Å². The van der Waals surface area contributed by atoms with Crippen molar-refractivity contribution in [3.63, 3.8) is 0 Å². The maximum atomic E-state index is 11.7. The zero-order valence-corrected chi connectivity index (χ0v) is 12.2. The van der Waals surface area contributed by atoms with Crippen LogP contribution in [0, 0.1) is 0 Å². The summed E-state index contributed by atoms with van der Waals surface area (Å²) in [4.78, 5) is 15.9. The Bertz CT molecular complexity index is 607. The lowest BCUT2D eigenvalue weighted by Gasteiger charge is -2.33. The third-order valence-corrected chi connectivity index (χ3v) is 4.12. The zero-order chi connectivity index (χ0) is 14.7. The first-order chi connectivity index (χ1) is 10.3. The maximum Gasteiger partial charge on any atom is 0.163 e. The molecular formula is C17H20N2O2. The molecule has 110 valence electrons. The number of hydrogen-bond donors (Lipinski definition) is 0. The Balaban J connectivity index is 1.84. The van der Waals surface area contributed by atoms with Gasteiger partial charge in [-0.05, 0) is 38.3 Å². The Labute approximate surface area is 124 Å². The summed E-state index contributed by atoms with van der Waals surface area (Å²) < 4.78 is 8.34. The molecule has 0 amide bonds. The average Bonchev–Trinajstić information content (AvgIpc) is 3.02. The van der Waals surface area contributed by atoms with Crippen LogP contribution >= 0.6 is 0 Å². The summed E-state index contributed by atoms with van der Waals surface area (Å²) in [6.45, 7) is 1.58. The first-order valence-corrected chi connectivity index (χ1v) is 7.50. The van der Waals surface area contributed by atoms with E-state index in [-0.39, 0.29) is 11.9 Å². The lowest BCUT2D eigenvalue weighted by molar-refractivity contribution is 0.0918. The summed E-state index contributed by atoms with van der Waals surface area (Å²) in [5, 5.41) is 0. The van der Waals surface area contributed by atoms with Crippen molar-refractivity contribution in [2.75, 3.05) is 0 Å².